The summed E-state index contributed by atoms with van der Waals surface area (Å²) in [6.07, 6.45) is 0. The highest BCUT2D eigenvalue weighted by Crippen LogP contribution is 2.27. The van der Waals surface area contributed by atoms with Crippen LogP contribution in [0.1, 0.15) is 0 Å². The first kappa shape index (κ1) is 17.7. The average molecular weight is 378 g/mol. The van der Waals surface area contributed by atoms with Crippen molar-refractivity contribution in [3.05, 3.63) is 63.9 Å². The quantitative estimate of drug-likeness (QED) is 0.738. The molecule has 0 bridgehead atoms. The minimum absolute atomic E-state index is 0.0110. The van der Waals surface area contributed by atoms with Gasteiger partial charge in [0.15, 0.2) is 0 Å². The molecule has 0 aliphatic heterocycles. The van der Waals surface area contributed by atoms with E-state index in [9.17, 15) is 14.0 Å². The first-order valence-electron chi connectivity index (χ1n) is 7.43. The molecule has 0 aliphatic rings. The van der Waals surface area contributed by atoms with Gasteiger partial charge < -0.3 is 14.5 Å². The Morgan fingerprint density at radius 2 is 2.04 bits per heavy atom. The van der Waals surface area contributed by atoms with Gasteiger partial charge in [0.2, 0.25) is 11.8 Å². The van der Waals surface area contributed by atoms with Crippen LogP contribution < -0.4 is 15.8 Å². The van der Waals surface area contributed by atoms with Crippen molar-refractivity contribution in [2.45, 2.75) is 6.54 Å². The number of hydrogen-bond donors (Lipinski definition) is 1. The van der Waals surface area contributed by atoms with E-state index < -0.39 is 17.5 Å². The molecule has 3 rings (SSSR count). The Hall–Kier alpha value is -3.13. The number of benzene rings is 2. The van der Waals surface area contributed by atoms with Gasteiger partial charge in [-0.3, -0.25) is 4.79 Å². The number of ether oxygens (including phenoxy) is 1. The van der Waals surface area contributed by atoms with Crippen molar-refractivity contribution in [3.63, 3.8) is 0 Å². The van der Waals surface area contributed by atoms with Crippen LogP contribution in [0.3, 0.4) is 0 Å². The summed E-state index contributed by atoms with van der Waals surface area (Å²) >= 11 is 5.91. The molecule has 0 unspecified atom stereocenters. The molecular weight excluding hydrogens is 365 g/mol. The van der Waals surface area contributed by atoms with E-state index in [1.165, 1.54) is 37.4 Å². The molecule has 1 heterocycles. The lowest BCUT2D eigenvalue weighted by Crippen LogP contribution is -2.26. The van der Waals surface area contributed by atoms with Gasteiger partial charge in [0.25, 0.3) is 0 Å². The molecule has 0 spiro atoms. The van der Waals surface area contributed by atoms with Crippen molar-refractivity contribution in [3.8, 4) is 17.2 Å². The summed E-state index contributed by atoms with van der Waals surface area (Å²) in [6, 6.07) is 10.0. The van der Waals surface area contributed by atoms with Crippen molar-refractivity contribution in [1.29, 1.82) is 0 Å². The zero-order chi connectivity index (χ0) is 18.7. The van der Waals surface area contributed by atoms with Crippen molar-refractivity contribution >= 4 is 23.2 Å². The van der Waals surface area contributed by atoms with E-state index in [2.05, 4.69) is 10.4 Å². The predicted molar refractivity (Wildman–Crippen MR) is 92.8 cm³/mol. The normalized spacial score (nSPS) is 10.6. The molecule has 9 heteroatoms. The molecule has 0 saturated carbocycles. The molecule has 2 aromatic carbocycles. The molecule has 7 nitrogen and oxygen atoms in total. The summed E-state index contributed by atoms with van der Waals surface area (Å²) in [4.78, 5) is 24.1. The maximum atomic E-state index is 13.0. The van der Waals surface area contributed by atoms with Crippen LogP contribution in [0.4, 0.5) is 10.1 Å². The minimum Gasteiger partial charge on any atom is -0.495 e. The monoisotopic (exact) mass is 377 g/mol. The molecule has 0 radical (unpaired) electrons. The third kappa shape index (κ3) is 3.92. The number of carbonyl (C=O) groups is 1. The Bertz CT molecular complexity index is 998. The summed E-state index contributed by atoms with van der Waals surface area (Å²) in [6.45, 7) is -0.376. The van der Waals surface area contributed by atoms with Crippen molar-refractivity contribution < 1.29 is 18.3 Å². The molecular formula is C17H13ClFN3O4. The van der Waals surface area contributed by atoms with Crippen LogP contribution in [0.5, 0.6) is 5.75 Å². The first-order valence-corrected chi connectivity index (χ1v) is 7.81. The topological polar surface area (TPSA) is 86.4 Å². The molecule has 134 valence electrons. The fourth-order valence-electron chi connectivity index (χ4n) is 2.22. The molecule has 3 aromatic rings. The van der Waals surface area contributed by atoms with E-state index in [1.54, 1.807) is 12.1 Å². The minimum atomic E-state index is -0.808. The summed E-state index contributed by atoms with van der Waals surface area (Å²) in [5, 5.41) is 6.96. The van der Waals surface area contributed by atoms with Gasteiger partial charge in [-0.15, -0.1) is 5.10 Å². The largest absolute Gasteiger partial charge is 0.495 e. The van der Waals surface area contributed by atoms with Crippen molar-refractivity contribution in [2.75, 3.05) is 12.4 Å². The van der Waals surface area contributed by atoms with Gasteiger partial charge in [-0.1, -0.05) is 11.6 Å². The van der Waals surface area contributed by atoms with Crippen LogP contribution in [0, 0.1) is 5.82 Å². The first-order chi connectivity index (χ1) is 12.5. The highest BCUT2D eigenvalue weighted by atomic mass is 35.5. The molecule has 1 amide bonds. The fourth-order valence-corrected chi connectivity index (χ4v) is 2.39. The smallest absolute Gasteiger partial charge is 0.437 e. The van der Waals surface area contributed by atoms with Crippen LogP contribution in [0.15, 0.2) is 51.7 Å². The molecule has 0 atom stereocenters. The maximum Gasteiger partial charge on any atom is 0.437 e. The summed E-state index contributed by atoms with van der Waals surface area (Å²) in [5.41, 5.74) is 0.777. The van der Waals surface area contributed by atoms with Gasteiger partial charge in [0, 0.05) is 10.6 Å². The molecule has 26 heavy (non-hydrogen) atoms. The van der Waals surface area contributed by atoms with Gasteiger partial charge in [0.05, 0.1) is 12.8 Å². The van der Waals surface area contributed by atoms with Crippen molar-refractivity contribution in [1.82, 2.24) is 9.78 Å². The van der Waals surface area contributed by atoms with Crippen LogP contribution in [0.2, 0.25) is 5.02 Å². The number of amides is 1. The third-order valence-electron chi connectivity index (χ3n) is 3.43. The third-order valence-corrected chi connectivity index (χ3v) is 3.66. The molecule has 1 aromatic heterocycles. The highest BCUT2D eigenvalue weighted by Gasteiger charge is 2.15. The van der Waals surface area contributed by atoms with E-state index in [1.807, 2.05) is 0 Å². The second kappa shape index (κ2) is 7.40. The lowest BCUT2D eigenvalue weighted by atomic mass is 10.2. The zero-order valence-corrected chi connectivity index (χ0v) is 14.3. The van der Waals surface area contributed by atoms with Gasteiger partial charge in [-0.25, -0.2) is 9.18 Å². The van der Waals surface area contributed by atoms with Crippen molar-refractivity contribution in [2.24, 2.45) is 0 Å². The number of methoxy groups -OCH3 is 1. The van der Waals surface area contributed by atoms with Crippen LogP contribution >= 0.6 is 11.6 Å². The Balaban J connectivity index is 1.77. The molecule has 0 saturated heterocycles. The Labute approximate surface area is 152 Å². The van der Waals surface area contributed by atoms with Crippen LogP contribution in [-0.4, -0.2) is 22.8 Å². The van der Waals surface area contributed by atoms with Crippen LogP contribution in [0.25, 0.3) is 11.5 Å². The number of hydrogen-bond acceptors (Lipinski definition) is 5. The number of anilines is 1. The number of rotatable bonds is 5. The number of nitrogens with zero attached hydrogens (tertiary/aromatic N) is 2. The van der Waals surface area contributed by atoms with E-state index in [-0.39, 0.29) is 12.4 Å². The van der Waals surface area contributed by atoms with E-state index in [0.29, 0.717) is 22.0 Å². The Kier molecular flexibility index (Phi) is 5.04. The summed E-state index contributed by atoms with van der Waals surface area (Å²) in [7, 11) is 1.45. The SMILES string of the molecule is COc1ccc(Cl)cc1NC(=O)Cn1nc(-c2ccc(F)cc2)oc1=O. The second-order valence-corrected chi connectivity index (χ2v) is 5.67. The Morgan fingerprint density at radius 1 is 1.31 bits per heavy atom. The predicted octanol–water partition coefficient (Wildman–Crippen LogP) is 2.94. The molecule has 0 fully saturated rings. The van der Waals surface area contributed by atoms with Gasteiger partial charge >= 0.3 is 5.76 Å². The lowest BCUT2D eigenvalue weighted by molar-refractivity contribution is -0.117. The summed E-state index contributed by atoms with van der Waals surface area (Å²) < 4.78 is 24.0. The Morgan fingerprint density at radius 3 is 2.73 bits per heavy atom. The lowest BCUT2D eigenvalue weighted by Gasteiger charge is -2.10. The number of nitrogens with one attached hydrogen (secondary N) is 1. The van der Waals surface area contributed by atoms with E-state index >= 15 is 0 Å². The second-order valence-electron chi connectivity index (χ2n) is 5.23. The van der Waals surface area contributed by atoms with Gasteiger partial charge in [-0.2, -0.15) is 4.68 Å². The van der Waals surface area contributed by atoms with E-state index in [0.717, 1.165) is 4.68 Å². The van der Waals surface area contributed by atoms with Crippen LogP contribution in [-0.2, 0) is 11.3 Å². The molecule has 0 aliphatic carbocycles. The zero-order valence-electron chi connectivity index (χ0n) is 13.5. The molecule has 1 N–H and O–H groups in total. The number of carbonyl (C=O) groups excluding carboxylic acids is 1. The number of halogens is 2. The highest BCUT2D eigenvalue weighted by molar-refractivity contribution is 6.31. The van der Waals surface area contributed by atoms with Gasteiger partial charge in [0.1, 0.15) is 18.1 Å². The van der Waals surface area contributed by atoms with E-state index in [4.69, 9.17) is 20.8 Å². The average Bonchev–Trinajstić information content (AvgIpc) is 2.96. The van der Waals surface area contributed by atoms with Gasteiger partial charge in [-0.05, 0) is 42.5 Å². The fraction of sp³-hybridized carbons (Fsp3) is 0.118. The standard InChI is InChI=1S/C17H13ClFN3O4/c1-25-14-7-4-11(18)8-13(14)20-15(23)9-22-17(24)26-16(21-22)10-2-5-12(19)6-3-10/h2-8H,9H2,1H3,(H,20,23). The summed E-state index contributed by atoms with van der Waals surface area (Å²) in [5.74, 6) is -1.35. The maximum absolute atomic E-state index is 13.0. The number of aromatic nitrogens is 2.